The molecule has 9 aromatic carbocycles. The van der Waals surface area contributed by atoms with Crippen LogP contribution < -0.4 is 4.90 Å². The van der Waals surface area contributed by atoms with Gasteiger partial charge >= 0.3 is 0 Å². The highest BCUT2D eigenvalue weighted by molar-refractivity contribution is 6.06. The van der Waals surface area contributed by atoms with Gasteiger partial charge in [0.2, 0.25) is 0 Å². The van der Waals surface area contributed by atoms with Crippen molar-refractivity contribution in [3.63, 3.8) is 0 Å². The van der Waals surface area contributed by atoms with Crippen LogP contribution in [0.15, 0.2) is 217 Å². The lowest BCUT2D eigenvalue weighted by atomic mass is 9.77. The van der Waals surface area contributed by atoms with Gasteiger partial charge in [0.05, 0.1) is 5.69 Å². The highest BCUT2D eigenvalue weighted by Gasteiger charge is 2.45. The third-order valence-electron chi connectivity index (χ3n) is 13.4. The number of benzene rings is 9. The molecule has 2 aliphatic carbocycles. The number of fused-ring (bicyclic) bond motifs is 8. The summed E-state index contributed by atoms with van der Waals surface area (Å²) in [4.78, 5) is 2.49. The van der Waals surface area contributed by atoms with E-state index in [1.807, 2.05) is 12.1 Å². The van der Waals surface area contributed by atoms with E-state index in [2.05, 4.69) is 205 Å². The Kier molecular flexibility index (Phi) is 8.38. The van der Waals surface area contributed by atoms with Crippen molar-refractivity contribution < 1.29 is 4.42 Å². The van der Waals surface area contributed by atoms with E-state index in [0.29, 0.717) is 0 Å². The quantitative estimate of drug-likeness (QED) is 0.160. The first kappa shape index (κ1) is 35.5. The summed E-state index contributed by atoms with van der Waals surface area (Å²) in [7, 11) is 0. The Labute approximate surface area is 357 Å². The highest BCUT2D eigenvalue weighted by atomic mass is 16.3. The van der Waals surface area contributed by atoms with Gasteiger partial charge < -0.3 is 9.32 Å². The zero-order valence-corrected chi connectivity index (χ0v) is 33.9. The van der Waals surface area contributed by atoms with Crippen LogP contribution >= 0.6 is 0 Å². The first-order valence-electron chi connectivity index (χ1n) is 21.6. The van der Waals surface area contributed by atoms with Crippen LogP contribution in [0.5, 0.6) is 0 Å². The number of hydrogen-bond donors (Lipinski definition) is 0. The van der Waals surface area contributed by atoms with Crippen molar-refractivity contribution in [1.29, 1.82) is 0 Å². The summed E-state index contributed by atoms with van der Waals surface area (Å²) >= 11 is 0. The second-order valence-electron chi connectivity index (χ2n) is 16.7. The molecule has 0 aliphatic heterocycles. The van der Waals surface area contributed by atoms with Crippen molar-refractivity contribution in [3.8, 4) is 55.6 Å². The average molecular weight is 782 g/mol. The lowest BCUT2D eigenvalue weighted by Gasteiger charge is -2.30. The molecule has 12 rings (SSSR count). The molecule has 0 N–H and O–H groups in total. The van der Waals surface area contributed by atoms with E-state index in [4.69, 9.17) is 4.42 Å². The molecule has 0 atom stereocenters. The molecule has 10 aromatic rings. The fourth-order valence-electron chi connectivity index (χ4n) is 10.7. The minimum absolute atomic E-state index is 0.105. The Balaban J connectivity index is 1.06. The maximum Gasteiger partial charge on any atom is 0.135 e. The highest BCUT2D eigenvalue weighted by Crippen LogP contribution is 2.58. The predicted molar refractivity (Wildman–Crippen MR) is 255 cm³/mol. The summed E-state index contributed by atoms with van der Waals surface area (Å²) in [6, 6.07) is 77.9. The summed E-state index contributed by atoms with van der Waals surface area (Å²) in [5.41, 5.74) is 20.5. The van der Waals surface area contributed by atoms with Crippen LogP contribution in [0.1, 0.15) is 36.8 Å². The molecule has 2 heteroatoms. The second-order valence-corrected chi connectivity index (χ2v) is 16.7. The number of hydrogen-bond acceptors (Lipinski definition) is 2. The maximum atomic E-state index is 6.24. The zero-order valence-electron chi connectivity index (χ0n) is 33.9. The second kappa shape index (κ2) is 14.4. The number of anilines is 3. The Morgan fingerprint density at radius 3 is 1.74 bits per heavy atom. The van der Waals surface area contributed by atoms with Gasteiger partial charge in [-0.05, 0) is 123 Å². The molecular formula is C59H43NO. The van der Waals surface area contributed by atoms with Crippen LogP contribution in [0, 0.1) is 0 Å². The number of para-hydroxylation sites is 2. The summed E-state index contributed by atoms with van der Waals surface area (Å²) in [6.07, 6.45) is 4.97. The molecule has 290 valence electrons. The molecule has 2 nitrogen and oxygen atoms in total. The maximum absolute atomic E-state index is 6.24. The minimum atomic E-state index is 0.105. The SMILES string of the molecule is c1ccc(-c2ccccc2-c2ccccc2-c2ccccc2N(c2cccc(-c3ccc4oc5ccccc5c4c3)c2)c2ccc3c(c2)-c2ccccc2C32CCCC2)cc1. The average Bonchev–Trinajstić information content (AvgIpc) is 4.05. The molecule has 0 radical (unpaired) electrons. The third kappa shape index (κ3) is 5.78. The zero-order chi connectivity index (χ0) is 40.3. The summed E-state index contributed by atoms with van der Waals surface area (Å²) in [5, 5.41) is 2.27. The molecule has 0 unspecified atom stereocenters. The summed E-state index contributed by atoms with van der Waals surface area (Å²) < 4.78 is 6.24. The van der Waals surface area contributed by atoms with Gasteiger partial charge in [-0.25, -0.2) is 0 Å². The van der Waals surface area contributed by atoms with Crippen LogP contribution in [-0.4, -0.2) is 0 Å². The van der Waals surface area contributed by atoms with E-state index in [0.717, 1.165) is 50.1 Å². The van der Waals surface area contributed by atoms with Crippen molar-refractivity contribution >= 4 is 39.0 Å². The molecular weight excluding hydrogens is 739 g/mol. The van der Waals surface area contributed by atoms with Crippen LogP contribution in [0.3, 0.4) is 0 Å². The van der Waals surface area contributed by atoms with Gasteiger partial charge in [-0.2, -0.15) is 0 Å². The van der Waals surface area contributed by atoms with Crippen LogP contribution in [0.4, 0.5) is 17.1 Å². The summed E-state index contributed by atoms with van der Waals surface area (Å²) in [6.45, 7) is 0. The molecule has 1 heterocycles. The van der Waals surface area contributed by atoms with Crippen molar-refractivity contribution in [1.82, 2.24) is 0 Å². The van der Waals surface area contributed by atoms with Gasteiger partial charge in [0.1, 0.15) is 11.2 Å². The first-order valence-corrected chi connectivity index (χ1v) is 21.6. The fourth-order valence-corrected chi connectivity index (χ4v) is 10.7. The van der Waals surface area contributed by atoms with Crippen molar-refractivity contribution in [2.24, 2.45) is 0 Å². The Morgan fingerprint density at radius 2 is 0.918 bits per heavy atom. The molecule has 0 saturated heterocycles. The topological polar surface area (TPSA) is 16.4 Å². The van der Waals surface area contributed by atoms with Gasteiger partial charge in [-0.15, -0.1) is 0 Å². The first-order chi connectivity index (χ1) is 30.2. The largest absolute Gasteiger partial charge is 0.456 e. The Hall–Kier alpha value is -7.42. The van der Waals surface area contributed by atoms with E-state index in [1.165, 1.54) is 81.3 Å². The Bertz CT molecular complexity index is 3280. The van der Waals surface area contributed by atoms with Gasteiger partial charge in [-0.1, -0.05) is 177 Å². The van der Waals surface area contributed by atoms with Crippen molar-refractivity contribution in [2.45, 2.75) is 31.1 Å². The van der Waals surface area contributed by atoms with Crippen molar-refractivity contribution in [3.05, 3.63) is 223 Å². The minimum Gasteiger partial charge on any atom is -0.456 e. The van der Waals surface area contributed by atoms with Gasteiger partial charge in [-0.3, -0.25) is 0 Å². The van der Waals surface area contributed by atoms with E-state index in [1.54, 1.807) is 0 Å². The van der Waals surface area contributed by atoms with Crippen LogP contribution in [0.25, 0.3) is 77.6 Å². The molecule has 1 spiro atoms. The standard InChI is InChI=1S/C59H43NO/c1-2-17-40(18-3-1)45-21-4-5-22-46(45)47-23-6-7-24-48(47)50-26-9-12-29-56(50)60(44-32-33-55-52(39-44)49-25-8-11-28-54(49)59(55)35-14-15-36-59)43-20-16-19-41(37-43)42-31-34-58-53(38-42)51-27-10-13-30-57(51)61-58/h1-13,16-34,37-39H,14-15,35-36H2. The lowest BCUT2D eigenvalue weighted by Crippen LogP contribution is -2.20. The third-order valence-corrected chi connectivity index (χ3v) is 13.4. The van der Waals surface area contributed by atoms with E-state index >= 15 is 0 Å². The molecule has 1 fully saturated rings. The normalized spacial score (nSPS) is 13.8. The number of rotatable bonds is 7. The van der Waals surface area contributed by atoms with E-state index in [9.17, 15) is 0 Å². The fraction of sp³-hybridized carbons (Fsp3) is 0.0847. The molecule has 0 bridgehead atoms. The van der Waals surface area contributed by atoms with Crippen LogP contribution in [0.2, 0.25) is 0 Å². The van der Waals surface area contributed by atoms with Gasteiger partial charge in [0, 0.05) is 33.1 Å². The number of nitrogens with zero attached hydrogens (tertiary/aromatic N) is 1. The summed E-state index contributed by atoms with van der Waals surface area (Å²) in [5.74, 6) is 0. The van der Waals surface area contributed by atoms with Gasteiger partial charge in [0.25, 0.3) is 0 Å². The monoisotopic (exact) mass is 781 g/mol. The van der Waals surface area contributed by atoms with E-state index < -0.39 is 0 Å². The molecule has 0 amide bonds. The molecule has 61 heavy (non-hydrogen) atoms. The number of furan rings is 1. The lowest BCUT2D eigenvalue weighted by molar-refractivity contribution is 0.550. The van der Waals surface area contributed by atoms with E-state index in [-0.39, 0.29) is 5.41 Å². The molecule has 1 saturated carbocycles. The van der Waals surface area contributed by atoms with Gasteiger partial charge in [0.15, 0.2) is 0 Å². The smallest absolute Gasteiger partial charge is 0.135 e. The Morgan fingerprint density at radius 1 is 0.344 bits per heavy atom. The van der Waals surface area contributed by atoms with Crippen LogP contribution in [-0.2, 0) is 5.41 Å². The molecule has 2 aliphatic rings. The predicted octanol–water partition coefficient (Wildman–Crippen LogP) is 16.6. The molecule has 1 aromatic heterocycles. The van der Waals surface area contributed by atoms with Crippen molar-refractivity contribution in [2.75, 3.05) is 4.90 Å².